The summed E-state index contributed by atoms with van der Waals surface area (Å²) in [5.41, 5.74) is 0.392. The number of hydrogen-bond donors (Lipinski definition) is 2. The number of carbonyl (C=O) groups is 1. The first kappa shape index (κ1) is 24.9. The van der Waals surface area contributed by atoms with Gasteiger partial charge in [0.25, 0.3) is 0 Å². The van der Waals surface area contributed by atoms with E-state index >= 15 is 0 Å². The van der Waals surface area contributed by atoms with Crippen LogP contribution in [0.2, 0.25) is 0 Å². The van der Waals surface area contributed by atoms with Gasteiger partial charge < -0.3 is 29.6 Å². The van der Waals surface area contributed by atoms with Crippen LogP contribution in [0.15, 0.2) is 12.1 Å². The second kappa shape index (κ2) is 8.57. The van der Waals surface area contributed by atoms with E-state index in [1.165, 1.54) is 18.4 Å². The molecule has 2 spiro atoms. The zero-order chi connectivity index (χ0) is 26.6. The molecule has 0 unspecified atom stereocenters. The number of amides is 1. The molecule has 0 aromatic heterocycles. The summed E-state index contributed by atoms with van der Waals surface area (Å²) in [6.45, 7) is 7.76. The first-order valence-corrected chi connectivity index (χ1v) is 15.6. The van der Waals surface area contributed by atoms with Crippen molar-refractivity contribution >= 4 is 5.91 Å². The summed E-state index contributed by atoms with van der Waals surface area (Å²) >= 11 is 0. The van der Waals surface area contributed by atoms with Crippen molar-refractivity contribution in [3.05, 3.63) is 23.3 Å². The predicted octanol–water partition coefficient (Wildman–Crippen LogP) is 1.96. The molecule has 8 nitrogen and oxygen atoms in total. The van der Waals surface area contributed by atoms with Gasteiger partial charge in [-0.3, -0.25) is 9.69 Å². The number of likely N-dealkylation sites (tertiary alicyclic amines) is 2. The number of piperazine rings is 1. The minimum Gasteiger partial charge on any atom is -0.504 e. The van der Waals surface area contributed by atoms with Crippen molar-refractivity contribution in [1.29, 1.82) is 0 Å². The lowest BCUT2D eigenvalue weighted by Crippen LogP contribution is -2.80. The first-order valence-electron chi connectivity index (χ1n) is 15.6. The second-order valence-corrected chi connectivity index (χ2v) is 13.9. The van der Waals surface area contributed by atoms with E-state index in [9.17, 15) is 15.0 Å². The van der Waals surface area contributed by atoms with Crippen LogP contribution in [-0.4, -0.2) is 118 Å². The maximum absolute atomic E-state index is 14.0. The Hall–Kier alpha value is -1.87. The zero-order valence-electron chi connectivity index (χ0n) is 23.4. The lowest BCUT2D eigenvalue weighted by molar-refractivity contribution is -0.217. The summed E-state index contributed by atoms with van der Waals surface area (Å²) in [5, 5.41) is 23.9. The Balaban J connectivity index is 1.15. The fourth-order valence-corrected chi connectivity index (χ4v) is 9.85. The van der Waals surface area contributed by atoms with E-state index in [0.29, 0.717) is 18.6 Å². The van der Waals surface area contributed by atoms with Gasteiger partial charge in [0.2, 0.25) is 5.91 Å². The van der Waals surface area contributed by atoms with Crippen LogP contribution in [0.4, 0.5) is 0 Å². The number of fused-ring (bicyclic) bond motifs is 1. The normalized spacial score (nSPS) is 39.7. The Kier molecular flexibility index (Phi) is 5.47. The van der Waals surface area contributed by atoms with Gasteiger partial charge in [-0.05, 0) is 82.5 Å². The second-order valence-electron chi connectivity index (χ2n) is 13.9. The van der Waals surface area contributed by atoms with Gasteiger partial charge in [0.05, 0.1) is 16.6 Å². The number of nitrogens with zero attached hydrogens (tertiary/aromatic N) is 4. The van der Waals surface area contributed by atoms with E-state index in [-0.39, 0.29) is 23.8 Å². The molecule has 5 atom stereocenters. The lowest BCUT2D eigenvalue weighted by Gasteiger charge is -2.67. The van der Waals surface area contributed by atoms with Crippen LogP contribution in [0.3, 0.4) is 0 Å². The van der Waals surface area contributed by atoms with Crippen molar-refractivity contribution in [2.24, 2.45) is 5.92 Å². The molecule has 39 heavy (non-hydrogen) atoms. The van der Waals surface area contributed by atoms with Gasteiger partial charge in [0.15, 0.2) is 11.5 Å². The highest BCUT2D eigenvalue weighted by Gasteiger charge is 2.77. The van der Waals surface area contributed by atoms with E-state index < -0.39 is 16.6 Å². The smallest absolute Gasteiger partial charge is 0.224 e. The number of phenolic OH excluding ortho intramolecular Hbond substituents is 1. The maximum Gasteiger partial charge on any atom is 0.224 e. The van der Waals surface area contributed by atoms with Crippen molar-refractivity contribution in [2.75, 3.05) is 59.4 Å². The minimum atomic E-state index is -0.904. The molecule has 5 fully saturated rings. The number of phenols is 1. The van der Waals surface area contributed by atoms with Crippen LogP contribution in [0.25, 0.3) is 0 Å². The Morgan fingerprint density at radius 2 is 1.87 bits per heavy atom. The van der Waals surface area contributed by atoms with Crippen LogP contribution in [0.5, 0.6) is 11.5 Å². The summed E-state index contributed by atoms with van der Waals surface area (Å²) in [7, 11) is 2.16. The highest BCUT2D eigenvalue weighted by Crippen LogP contribution is 2.69. The maximum atomic E-state index is 14.0. The first-order chi connectivity index (χ1) is 18.9. The summed E-state index contributed by atoms with van der Waals surface area (Å²) in [4.78, 5) is 23.5. The highest BCUT2D eigenvalue weighted by atomic mass is 16.5. The Labute approximate surface area is 231 Å². The number of aliphatic hydroxyl groups is 1. The van der Waals surface area contributed by atoms with Crippen molar-refractivity contribution in [2.45, 2.75) is 86.5 Å². The van der Waals surface area contributed by atoms with Crippen LogP contribution in [0.1, 0.15) is 62.5 Å². The Bertz CT molecular complexity index is 1180. The van der Waals surface area contributed by atoms with Gasteiger partial charge in [-0.25, -0.2) is 0 Å². The number of hydrogen-bond acceptors (Lipinski definition) is 7. The number of benzene rings is 1. The summed E-state index contributed by atoms with van der Waals surface area (Å²) in [6, 6.07) is 3.93. The molecule has 3 saturated heterocycles. The molecule has 212 valence electrons. The average Bonchev–Trinajstić information content (AvgIpc) is 3.52. The molecule has 7 aliphatic rings. The minimum absolute atomic E-state index is 0.0704. The molecule has 8 heteroatoms. The molecule has 3 aliphatic carbocycles. The Morgan fingerprint density at radius 3 is 2.67 bits per heavy atom. The van der Waals surface area contributed by atoms with Gasteiger partial charge in [-0.15, -0.1) is 0 Å². The number of likely N-dealkylation sites (N-methyl/N-ethyl adjacent to an activating group) is 1. The van der Waals surface area contributed by atoms with Crippen LogP contribution in [0, 0.1) is 5.92 Å². The Morgan fingerprint density at radius 1 is 1.05 bits per heavy atom. The van der Waals surface area contributed by atoms with Crippen LogP contribution >= 0.6 is 0 Å². The molecule has 1 amide bonds. The summed E-state index contributed by atoms with van der Waals surface area (Å²) in [5.74, 6) is 1.77. The number of ether oxygens (including phenoxy) is 1. The monoisotopic (exact) mass is 536 g/mol. The third-order valence-electron chi connectivity index (χ3n) is 12.0. The van der Waals surface area contributed by atoms with Gasteiger partial charge >= 0.3 is 0 Å². The van der Waals surface area contributed by atoms with E-state index in [2.05, 4.69) is 32.7 Å². The molecule has 2 bridgehead atoms. The van der Waals surface area contributed by atoms with Crippen molar-refractivity contribution in [3.63, 3.8) is 0 Å². The highest BCUT2D eigenvalue weighted by molar-refractivity contribution is 5.78. The molecule has 4 aliphatic heterocycles. The van der Waals surface area contributed by atoms with Gasteiger partial charge in [-0.2, -0.15) is 0 Å². The molecular weight excluding hydrogens is 492 g/mol. The third kappa shape index (κ3) is 3.35. The largest absolute Gasteiger partial charge is 0.504 e. The summed E-state index contributed by atoms with van der Waals surface area (Å²) < 4.78 is 6.89. The summed E-state index contributed by atoms with van der Waals surface area (Å²) in [6.07, 6.45) is 7.82. The lowest BCUT2D eigenvalue weighted by atomic mass is 9.45. The van der Waals surface area contributed by atoms with Crippen molar-refractivity contribution < 1.29 is 19.7 Å². The van der Waals surface area contributed by atoms with Crippen molar-refractivity contribution in [3.8, 4) is 11.5 Å². The molecule has 0 radical (unpaired) electrons. The van der Waals surface area contributed by atoms with Crippen LogP contribution < -0.4 is 4.74 Å². The van der Waals surface area contributed by atoms with Gasteiger partial charge in [-0.1, -0.05) is 6.07 Å². The third-order valence-corrected chi connectivity index (χ3v) is 12.0. The van der Waals surface area contributed by atoms with Gasteiger partial charge in [0.1, 0.15) is 6.10 Å². The van der Waals surface area contributed by atoms with E-state index in [0.717, 1.165) is 95.9 Å². The molecule has 1 aromatic rings. The molecule has 2 saturated carbocycles. The SMILES string of the molecule is CN1CCN(CCC(=O)N2CCC[C@]23CC[C@@]2(O)[C@H]4Cc5ccc(O)c6c5[C@@]2(CCN4CC2CC2)[C@H]3O6)CC1. The quantitative estimate of drug-likeness (QED) is 0.596. The predicted molar refractivity (Wildman–Crippen MR) is 147 cm³/mol. The van der Waals surface area contributed by atoms with Gasteiger partial charge in [0, 0.05) is 63.8 Å². The van der Waals surface area contributed by atoms with Crippen molar-refractivity contribution in [1.82, 2.24) is 19.6 Å². The molecule has 1 aromatic carbocycles. The molecule has 2 N–H and O–H groups in total. The molecular formula is C31H44N4O4. The topological polar surface area (TPSA) is 79.7 Å². The van der Waals surface area contributed by atoms with E-state index in [4.69, 9.17) is 4.74 Å². The average molecular weight is 537 g/mol. The number of rotatable bonds is 5. The zero-order valence-corrected chi connectivity index (χ0v) is 23.4. The van der Waals surface area contributed by atoms with Crippen LogP contribution in [-0.2, 0) is 16.6 Å². The molecule has 4 heterocycles. The fourth-order valence-electron chi connectivity index (χ4n) is 9.85. The number of aromatic hydroxyl groups is 1. The molecule has 8 rings (SSSR count). The van der Waals surface area contributed by atoms with E-state index in [1.54, 1.807) is 6.07 Å². The van der Waals surface area contributed by atoms with E-state index in [1.807, 2.05) is 0 Å². The standard InChI is InChI=1S/C31H44N4O4/c1-32-15-17-33(18-16-32)13-7-25(37)35-12-2-8-29(35)9-10-31(38)24-19-22-5-6-23(36)27-26(22)30(31,28(29)39-27)11-14-34(24)20-21-3-4-21/h5-6,21,24,28,36,38H,2-4,7-20H2,1H3/t24-,28+,29-,30+,31-/m1/s1. The number of piperidine rings is 1. The fraction of sp³-hybridized carbons (Fsp3) is 0.774. The number of carbonyl (C=O) groups excluding carboxylic acids is 1.